The molecule has 8 nitrogen and oxygen atoms in total. The van der Waals surface area contributed by atoms with Gasteiger partial charge >= 0.3 is 0 Å². The molecule has 0 unspecified atom stereocenters. The lowest BCUT2D eigenvalue weighted by molar-refractivity contribution is 0.959. The molecule has 0 aromatic carbocycles. The fraction of sp³-hybridized carbons (Fsp3) is 0.600. The standard InChI is InChI=1S/C15H26N8/c1-5-8-18-12-11-10(20-14(16-4)22-12)13(19-9-6-2)23-15(21-11)17-7-3/h5-9H2,1-4H3,(H2,16,18,20,22)(H2,17,19,21,23). The van der Waals surface area contributed by atoms with Crippen LogP contribution in [-0.2, 0) is 0 Å². The van der Waals surface area contributed by atoms with Gasteiger partial charge in [0.25, 0.3) is 0 Å². The maximum Gasteiger partial charge on any atom is 0.225 e. The summed E-state index contributed by atoms with van der Waals surface area (Å²) in [6.07, 6.45) is 2.01. The van der Waals surface area contributed by atoms with Crippen molar-refractivity contribution in [3.05, 3.63) is 0 Å². The van der Waals surface area contributed by atoms with E-state index in [1.165, 1.54) is 0 Å². The smallest absolute Gasteiger partial charge is 0.225 e. The second-order valence-corrected chi connectivity index (χ2v) is 5.12. The Kier molecular flexibility index (Phi) is 6.13. The molecule has 2 aromatic heterocycles. The topological polar surface area (TPSA) is 99.7 Å². The Morgan fingerprint density at radius 1 is 0.696 bits per heavy atom. The van der Waals surface area contributed by atoms with E-state index >= 15 is 0 Å². The van der Waals surface area contributed by atoms with Crippen LogP contribution in [0.25, 0.3) is 11.0 Å². The van der Waals surface area contributed by atoms with Gasteiger partial charge < -0.3 is 21.3 Å². The van der Waals surface area contributed by atoms with Crippen molar-refractivity contribution in [1.82, 2.24) is 19.9 Å². The number of fused-ring (bicyclic) bond motifs is 1. The van der Waals surface area contributed by atoms with E-state index in [0.29, 0.717) is 11.9 Å². The Hall–Kier alpha value is -2.38. The van der Waals surface area contributed by atoms with Gasteiger partial charge in [-0.15, -0.1) is 0 Å². The van der Waals surface area contributed by atoms with E-state index in [4.69, 9.17) is 0 Å². The number of nitrogens with zero attached hydrogens (tertiary/aromatic N) is 4. The molecule has 4 N–H and O–H groups in total. The van der Waals surface area contributed by atoms with E-state index in [1.54, 1.807) is 7.05 Å². The maximum atomic E-state index is 4.58. The van der Waals surface area contributed by atoms with E-state index in [2.05, 4.69) is 55.1 Å². The van der Waals surface area contributed by atoms with Crippen molar-refractivity contribution in [2.45, 2.75) is 33.6 Å². The fourth-order valence-electron chi connectivity index (χ4n) is 2.10. The Balaban J connectivity index is 2.59. The van der Waals surface area contributed by atoms with Gasteiger partial charge in [-0.3, -0.25) is 0 Å². The summed E-state index contributed by atoms with van der Waals surface area (Å²) in [5, 5.41) is 12.8. The third-order valence-corrected chi connectivity index (χ3v) is 3.19. The highest BCUT2D eigenvalue weighted by molar-refractivity contribution is 5.94. The normalized spacial score (nSPS) is 10.6. The van der Waals surface area contributed by atoms with Gasteiger partial charge in [-0.05, 0) is 19.8 Å². The summed E-state index contributed by atoms with van der Waals surface area (Å²) in [5.41, 5.74) is 1.44. The molecule has 0 fully saturated rings. The Bertz CT molecular complexity index is 643. The molecule has 2 heterocycles. The van der Waals surface area contributed by atoms with Crippen molar-refractivity contribution in [2.75, 3.05) is 47.9 Å². The first kappa shape index (κ1) is 17.0. The summed E-state index contributed by atoms with van der Waals surface area (Å²) in [6, 6.07) is 0. The van der Waals surface area contributed by atoms with Gasteiger partial charge in [-0.1, -0.05) is 13.8 Å². The Morgan fingerprint density at radius 3 is 1.70 bits per heavy atom. The van der Waals surface area contributed by atoms with Crippen LogP contribution in [0.1, 0.15) is 33.6 Å². The zero-order valence-electron chi connectivity index (χ0n) is 14.3. The van der Waals surface area contributed by atoms with Gasteiger partial charge in [0.05, 0.1) is 0 Å². The quantitative estimate of drug-likeness (QED) is 0.560. The predicted molar refractivity (Wildman–Crippen MR) is 96.4 cm³/mol. The molecular formula is C15H26N8. The highest BCUT2D eigenvalue weighted by atomic mass is 15.2. The molecule has 23 heavy (non-hydrogen) atoms. The van der Waals surface area contributed by atoms with E-state index < -0.39 is 0 Å². The van der Waals surface area contributed by atoms with Crippen LogP contribution in [0.4, 0.5) is 23.5 Å². The molecule has 0 radical (unpaired) electrons. The van der Waals surface area contributed by atoms with Crippen molar-refractivity contribution in [3.63, 3.8) is 0 Å². The first-order chi connectivity index (χ1) is 11.2. The van der Waals surface area contributed by atoms with Crippen molar-refractivity contribution >= 4 is 34.6 Å². The number of anilines is 4. The van der Waals surface area contributed by atoms with Gasteiger partial charge in [0.15, 0.2) is 11.6 Å². The lowest BCUT2D eigenvalue weighted by atomic mass is 10.3. The summed E-state index contributed by atoms with van der Waals surface area (Å²) >= 11 is 0. The highest BCUT2D eigenvalue weighted by Gasteiger charge is 2.15. The lowest BCUT2D eigenvalue weighted by Gasteiger charge is -2.14. The zero-order valence-corrected chi connectivity index (χ0v) is 14.3. The minimum Gasteiger partial charge on any atom is -0.368 e. The lowest BCUT2D eigenvalue weighted by Crippen LogP contribution is -2.12. The van der Waals surface area contributed by atoms with Crippen LogP contribution < -0.4 is 21.3 Å². The molecule has 0 spiro atoms. The second-order valence-electron chi connectivity index (χ2n) is 5.12. The van der Waals surface area contributed by atoms with E-state index in [0.717, 1.165) is 55.1 Å². The molecule has 8 heteroatoms. The molecule has 0 saturated heterocycles. The Morgan fingerprint density at radius 2 is 1.22 bits per heavy atom. The Labute approximate surface area is 136 Å². The maximum absolute atomic E-state index is 4.58. The summed E-state index contributed by atoms with van der Waals surface area (Å²) in [4.78, 5) is 18.2. The first-order valence-electron chi connectivity index (χ1n) is 8.22. The monoisotopic (exact) mass is 318 g/mol. The highest BCUT2D eigenvalue weighted by Crippen LogP contribution is 2.26. The molecule has 0 aliphatic carbocycles. The van der Waals surface area contributed by atoms with E-state index in [9.17, 15) is 0 Å². The SMILES string of the molecule is CCCNc1nc(NCC)nc2c(NCCC)nc(NC)nc12. The summed E-state index contributed by atoms with van der Waals surface area (Å²) < 4.78 is 0. The van der Waals surface area contributed by atoms with Gasteiger partial charge in [0, 0.05) is 26.7 Å². The second kappa shape index (κ2) is 8.30. The van der Waals surface area contributed by atoms with Gasteiger partial charge in [-0.25, -0.2) is 9.97 Å². The van der Waals surface area contributed by atoms with E-state index in [-0.39, 0.29) is 0 Å². The van der Waals surface area contributed by atoms with Gasteiger partial charge in [0.1, 0.15) is 11.0 Å². The number of nitrogens with one attached hydrogen (secondary N) is 4. The third-order valence-electron chi connectivity index (χ3n) is 3.19. The molecule has 2 rings (SSSR count). The van der Waals surface area contributed by atoms with Crippen molar-refractivity contribution in [1.29, 1.82) is 0 Å². The zero-order chi connectivity index (χ0) is 16.7. The van der Waals surface area contributed by atoms with Crippen LogP contribution in [0.3, 0.4) is 0 Å². The van der Waals surface area contributed by atoms with Crippen LogP contribution in [0.2, 0.25) is 0 Å². The van der Waals surface area contributed by atoms with Crippen LogP contribution in [0.5, 0.6) is 0 Å². The average Bonchev–Trinajstić information content (AvgIpc) is 2.57. The fourth-order valence-corrected chi connectivity index (χ4v) is 2.10. The molecule has 0 amide bonds. The number of rotatable bonds is 9. The molecule has 0 aliphatic heterocycles. The number of aromatic nitrogens is 4. The number of hydrogen-bond acceptors (Lipinski definition) is 8. The molecular weight excluding hydrogens is 292 g/mol. The third kappa shape index (κ3) is 4.08. The molecule has 0 atom stereocenters. The van der Waals surface area contributed by atoms with Gasteiger partial charge in [0.2, 0.25) is 11.9 Å². The summed E-state index contributed by atoms with van der Waals surface area (Å²) in [7, 11) is 1.80. The summed E-state index contributed by atoms with van der Waals surface area (Å²) in [6.45, 7) is 8.66. The van der Waals surface area contributed by atoms with Crippen LogP contribution >= 0.6 is 0 Å². The average molecular weight is 318 g/mol. The first-order valence-corrected chi connectivity index (χ1v) is 8.22. The molecule has 126 valence electrons. The van der Waals surface area contributed by atoms with Crippen LogP contribution in [0, 0.1) is 0 Å². The molecule has 2 aromatic rings. The minimum absolute atomic E-state index is 0.551. The van der Waals surface area contributed by atoms with Crippen LogP contribution in [0.15, 0.2) is 0 Å². The molecule has 0 saturated carbocycles. The van der Waals surface area contributed by atoms with Crippen molar-refractivity contribution in [3.8, 4) is 0 Å². The van der Waals surface area contributed by atoms with E-state index in [1.807, 2.05) is 6.92 Å². The minimum atomic E-state index is 0.551. The predicted octanol–water partition coefficient (Wildman–Crippen LogP) is 2.54. The number of hydrogen-bond donors (Lipinski definition) is 4. The summed E-state index contributed by atoms with van der Waals surface area (Å²) in [5.74, 6) is 2.59. The van der Waals surface area contributed by atoms with Crippen LogP contribution in [-0.4, -0.2) is 46.6 Å². The van der Waals surface area contributed by atoms with Crippen molar-refractivity contribution in [2.24, 2.45) is 0 Å². The largest absolute Gasteiger partial charge is 0.368 e. The van der Waals surface area contributed by atoms with Crippen molar-refractivity contribution < 1.29 is 0 Å². The van der Waals surface area contributed by atoms with Gasteiger partial charge in [-0.2, -0.15) is 9.97 Å². The molecule has 0 bridgehead atoms. The molecule has 0 aliphatic rings.